The van der Waals surface area contributed by atoms with Gasteiger partial charge in [0.05, 0.1) is 0 Å². The first-order valence-electron chi connectivity index (χ1n) is 7.66. The van der Waals surface area contributed by atoms with Gasteiger partial charge in [0.15, 0.2) is 0 Å². The van der Waals surface area contributed by atoms with E-state index in [1.54, 1.807) is 0 Å². The Morgan fingerprint density at radius 3 is 2.47 bits per heavy atom. The highest BCUT2D eigenvalue weighted by Gasteiger charge is 2.20. The minimum absolute atomic E-state index is 0.797. The standard InChI is InChI=1S/C15H30N2/c1-13-6-8-14(9-7-13)11-16-12-15-5-3-4-10-17(15)2/h13-16H,3-12H2,1-2H3. The molecule has 2 heteroatoms. The Bertz CT molecular complexity index is 209. The highest BCUT2D eigenvalue weighted by atomic mass is 15.2. The van der Waals surface area contributed by atoms with Crippen LogP contribution in [-0.4, -0.2) is 37.6 Å². The zero-order valence-corrected chi connectivity index (χ0v) is 11.8. The summed E-state index contributed by atoms with van der Waals surface area (Å²) in [4.78, 5) is 2.54. The number of nitrogens with zero attached hydrogens (tertiary/aromatic N) is 1. The monoisotopic (exact) mass is 238 g/mol. The molecule has 1 heterocycles. The summed E-state index contributed by atoms with van der Waals surface area (Å²) in [5, 5.41) is 3.73. The number of likely N-dealkylation sites (N-methyl/N-ethyl adjacent to an activating group) is 1. The lowest BCUT2D eigenvalue weighted by Gasteiger charge is -2.33. The molecule has 1 atom stereocenters. The number of piperidine rings is 1. The Balaban J connectivity index is 1.59. The molecular weight excluding hydrogens is 208 g/mol. The van der Waals surface area contributed by atoms with Gasteiger partial charge in [-0.3, -0.25) is 0 Å². The first-order chi connectivity index (χ1) is 8.25. The number of rotatable bonds is 4. The average Bonchev–Trinajstić information content (AvgIpc) is 2.34. The van der Waals surface area contributed by atoms with E-state index in [0.717, 1.165) is 17.9 Å². The summed E-state index contributed by atoms with van der Waals surface area (Å²) in [6, 6.07) is 0.797. The third kappa shape index (κ3) is 4.26. The molecule has 1 N–H and O–H groups in total. The van der Waals surface area contributed by atoms with Gasteiger partial charge in [-0.2, -0.15) is 0 Å². The Morgan fingerprint density at radius 1 is 1.00 bits per heavy atom. The van der Waals surface area contributed by atoms with Gasteiger partial charge in [0.1, 0.15) is 0 Å². The van der Waals surface area contributed by atoms with Crippen LogP contribution >= 0.6 is 0 Å². The van der Waals surface area contributed by atoms with E-state index in [9.17, 15) is 0 Å². The Morgan fingerprint density at radius 2 is 1.76 bits per heavy atom. The van der Waals surface area contributed by atoms with Crippen molar-refractivity contribution in [2.24, 2.45) is 11.8 Å². The summed E-state index contributed by atoms with van der Waals surface area (Å²) >= 11 is 0. The summed E-state index contributed by atoms with van der Waals surface area (Å²) < 4.78 is 0. The molecule has 0 aromatic carbocycles. The topological polar surface area (TPSA) is 15.3 Å². The molecule has 2 aliphatic rings. The maximum atomic E-state index is 3.73. The van der Waals surface area contributed by atoms with Crippen LogP contribution in [0.5, 0.6) is 0 Å². The first kappa shape index (κ1) is 13.4. The number of hydrogen-bond acceptors (Lipinski definition) is 2. The molecule has 1 saturated carbocycles. The minimum atomic E-state index is 0.797. The van der Waals surface area contributed by atoms with Gasteiger partial charge < -0.3 is 10.2 Å². The molecule has 0 spiro atoms. The van der Waals surface area contributed by atoms with E-state index in [1.807, 2.05) is 0 Å². The molecule has 17 heavy (non-hydrogen) atoms. The summed E-state index contributed by atoms with van der Waals surface area (Å²) in [6.45, 7) is 6.17. The molecule has 0 aromatic heterocycles. The highest BCUT2D eigenvalue weighted by molar-refractivity contribution is 4.78. The normalized spacial score (nSPS) is 36.0. The van der Waals surface area contributed by atoms with Gasteiger partial charge >= 0.3 is 0 Å². The second-order valence-corrected chi connectivity index (χ2v) is 6.41. The lowest BCUT2D eigenvalue weighted by molar-refractivity contribution is 0.177. The maximum absolute atomic E-state index is 3.73. The number of likely N-dealkylation sites (tertiary alicyclic amines) is 1. The summed E-state index contributed by atoms with van der Waals surface area (Å²) in [7, 11) is 2.29. The van der Waals surface area contributed by atoms with Gasteiger partial charge in [-0.25, -0.2) is 0 Å². The van der Waals surface area contributed by atoms with Crippen LogP contribution in [0.4, 0.5) is 0 Å². The van der Waals surface area contributed by atoms with E-state index in [-0.39, 0.29) is 0 Å². The molecule has 0 amide bonds. The molecule has 1 aliphatic heterocycles. The van der Waals surface area contributed by atoms with Crippen molar-refractivity contribution in [1.82, 2.24) is 10.2 Å². The van der Waals surface area contributed by atoms with E-state index < -0.39 is 0 Å². The third-order valence-corrected chi connectivity index (χ3v) is 4.87. The van der Waals surface area contributed by atoms with Crippen molar-refractivity contribution in [3.8, 4) is 0 Å². The van der Waals surface area contributed by atoms with Gasteiger partial charge in [0.2, 0.25) is 0 Å². The second kappa shape index (κ2) is 6.75. The van der Waals surface area contributed by atoms with Crippen LogP contribution in [0.2, 0.25) is 0 Å². The quantitative estimate of drug-likeness (QED) is 0.810. The second-order valence-electron chi connectivity index (χ2n) is 6.41. The van der Waals surface area contributed by atoms with E-state index in [1.165, 1.54) is 64.6 Å². The maximum Gasteiger partial charge on any atom is 0.0217 e. The van der Waals surface area contributed by atoms with Crippen molar-refractivity contribution < 1.29 is 0 Å². The molecule has 0 radical (unpaired) electrons. The van der Waals surface area contributed by atoms with Crippen LogP contribution in [-0.2, 0) is 0 Å². The van der Waals surface area contributed by atoms with Crippen LogP contribution in [0.1, 0.15) is 51.9 Å². The van der Waals surface area contributed by atoms with Crippen molar-refractivity contribution in [3.63, 3.8) is 0 Å². The predicted octanol–water partition coefficient (Wildman–Crippen LogP) is 2.89. The van der Waals surface area contributed by atoms with E-state index in [2.05, 4.69) is 24.2 Å². The largest absolute Gasteiger partial charge is 0.315 e. The number of nitrogens with one attached hydrogen (secondary N) is 1. The van der Waals surface area contributed by atoms with Gasteiger partial charge in [-0.1, -0.05) is 26.2 Å². The van der Waals surface area contributed by atoms with Crippen molar-refractivity contribution in [1.29, 1.82) is 0 Å². The molecule has 2 nitrogen and oxygen atoms in total. The van der Waals surface area contributed by atoms with E-state index >= 15 is 0 Å². The SMILES string of the molecule is CC1CCC(CNCC2CCCCN2C)CC1. The molecule has 2 fully saturated rings. The zero-order chi connectivity index (χ0) is 12.1. The summed E-state index contributed by atoms with van der Waals surface area (Å²) in [6.07, 6.45) is 10.0. The summed E-state index contributed by atoms with van der Waals surface area (Å²) in [5.74, 6) is 1.94. The molecular formula is C15H30N2. The van der Waals surface area contributed by atoms with Gasteiger partial charge in [0, 0.05) is 12.6 Å². The Labute approximate surface area is 107 Å². The van der Waals surface area contributed by atoms with Gasteiger partial charge in [-0.05, 0) is 57.7 Å². The van der Waals surface area contributed by atoms with Crippen molar-refractivity contribution >= 4 is 0 Å². The van der Waals surface area contributed by atoms with E-state index in [4.69, 9.17) is 0 Å². The highest BCUT2D eigenvalue weighted by Crippen LogP contribution is 2.27. The molecule has 1 saturated heterocycles. The van der Waals surface area contributed by atoms with Crippen LogP contribution in [0, 0.1) is 11.8 Å². The fourth-order valence-corrected chi connectivity index (χ4v) is 3.39. The van der Waals surface area contributed by atoms with Crippen molar-refractivity contribution in [3.05, 3.63) is 0 Å². The third-order valence-electron chi connectivity index (χ3n) is 4.87. The Kier molecular flexibility index (Phi) is 5.30. The van der Waals surface area contributed by atoms with Crippen LogP contribution in [0.3, 0.4) is 0 Å². The molecule has 2 rings (SSSR count). The van der Waals surface area contributed by atoms with E-state index in [0.29, 0.717) is 0 Å². The zero-order valence-electron chi connectivity index (χ0n) is 11.8. The average molecular weight is 238 g/mol. The molecule has 0 bridgehead atoms. The van der Waals surface area contributed by atoms with Gasteiger partial charge in [-0.15, -0.1) is 0 Å². The smallest absolute Gasteiger partial charge is 0.0217 e. The van der Waals surface area contributed by atoms with Crippen LogP contribution in [0.15, 0.2) is 0 Å². The molecule has 0 aromatic rings. The molecule has 1 aliphatic carbocycles. The van der Waals surface area contributed by atoms with Crippen LogP contribution < -0.4 is 5.32 Å². The van der Waals surface area contributed by atoms with Crippen molar-refractivity contribution in [2.45, 2.75) is 57.9 Å². The van der Waals surface area contributed by atoms with Gasteiger partial charge in [0.25, 0.3) is 0 Å². The molecule has 1 unspecified atom stereocenters. The number of hydrogen-bond donors (Lipinski definition) is 1. The Hall–Kier alpha value is -0.0800. The van der Waals surface area contributed by atoms with Crippen molar-refractivity contribution in [2.75, 3.05) is 26.7 Å². The summed E-state index contributed by atoms with van der Waals surface area (Å²) in [5.41, 5.74) is 0. The molecule has 100 valence electrons. The fourth-order valence-electron chi connectivity index (χ4n) is 3.39. The predicted molar refractivity (Wildman–Crippen MR) is 74.3 cm³/mol. The first-order valence-corrected chi connectivity index (χ1v) is 7.66. The van der Waals surface area contributed by atoms with Crippen LogP contribution in [0.25, 0.3) is 0 Å². The lowest BCUT2D eigenvalue weighted by Crippen LogP contribution is -2.44. The fraction of sp³-hybridized carbons (Fsp3) is 1.00. The lowest BCUT2D eigenvalue weighted by atomic mass is 9.83. The minimum Gasteiger partial charge on any atom is -0.315 e.